The van der Waals surface area contributed by atoms with E-state index in [2.05, 4.69) is 26.3 Å². The highest BCUT2D eigenvalue weighted by molar-refractivity contribution is 9.10. The quantitative estimate of drug-likeness (QED) is 0.852. The summed E-state index contributed by atoms with van der Waals surface area (Å²) in [7, 11) is 0. The first-order chi connectivity index (χ1) is 9.15. The second kappa shape index (κ2) is 6.79. The summed E-state index contributed by atoms with van der Waals surface area (Å²) in [4.78, 5) is 0. The number of nitrogens with zero attached hydrogens (tertiary/aromatic N) is 2. The number of aliphatic hydroxyl groups excluding tert-OH is 1. The van der Waals surface area contributed by atoms with Crippen molar-refractivity contribution >= 4 is 15.9 Å². The van der Waals surface area contributed by atoms with Crippen LogP contribution in [0.1, 0.15) is 5.56 Å². The molecule has 0 amide bonds. The van der Waals surface area contributed by atoms with Gasteiger partial charge in [0.05, 0.1) is 12.6 Å². The SMILES string of the molecule is OC(CNCc1cc(Br)ccc1F)Cn1cccn1. The van der Waals surface area contributed by atoms with Crippen molar-refractivity contribution in [3.63, 3.8) is 0 Å². The lowest BCUT2D eigenvalue weighted by molar-refractivity contribution is 0.146. The summed E-state index contributed by atoms with van der Waals surface area (Å²) in [5.74, 6) is -0.253. The Balaban J connectivity index is 1.78. The minimum Gasteiger partial charge on any atom is -0.390 e. The molecule has 2 N–H and O–H groups in total. The van der Waals surface area contributed by atoms with Gasteiger partial charge < -0.3 is 10.4 Å². The smallest absolute Gasteiger partial charge is 0.127 e. The van der Waals surface area contributed by atoms with Crippen LogP contribution in [0.15, 0.2) is 41.1 Å². The zero-order chi connectivity index (χ0) is 13.7. The Labute approximate surface area is 119 Å². The van der Waals surface area contributed by atoms with Gasteiger partial charge in [-0.25, -0.2) is 4.39 Å². The molecule has 6 heteroatoms. The van der Waals surface area contributed by atoms with Crippen molar-refractivity contribution in [2.24, 2.45) is 0 Å². The van der Waals surface area contributed by atoms with Gasteiger partial charge in [0.15, 0.2) is 0 Å². The van der Waals surface area contributed by atoms with Crippen molar-refractivity contribution in [2.75, 3.05) is 6.54 Å². The Morgan fingerprint density at radius 2 is 2.32 bits per heavy atom. The number of hydrogen-bond donors (Lipinski definition) is 2. The molecule has 0 spiro atoms. The van der Waals surface area contributed by atoms with Gasteiger partial charge in [0.1, 0.15) is 5.82 Å². The third kappa shape index (κ3) is 4.41. The fourth-order valence-electron chi connectivity index (χ4n) is 1.74. The Kier molecular flexibility index (Phi) is 5.07. The number of hydrogen-bond acceptors (Lipinski definition) is 3. The van der Waals surface area contributed by atoms with E-state index < -0.39 is 6.10 Å². The van der Waals surface area contributed by atoms with E-state index in [1.54, 1.807) is 35.3 Å². The molecule has 0 aliphatic rings. The van der Waals surface area contributed by atoms with Crippen LogP contribution in [-0.4, -0.2) is 27.5 Å². The summed E-state index contributed by atoms with van der Waals surface area (Å²) >= 11 is 3.30. The van der Waals surface area contributed by atoms with Crippen LogP contribution in [0, 0.1) is 5.82 Å². The van der Waals surface area contributed by atoms with Gasteiger partial charge in [-0.1, -0.05) is 15.9 Å². The molecule has 0 aliphatic heterocycles. The zero-order valence-electron chi connectivity index (χ0n) is 10.3. The molecule has 4 nitrogen and oxygen atoms in total. The summed E-state index contributed by atoms with van der Waals surface area (Å²) in [6, 6.07) is 6.60. The largest absolute Gasteiger partial charge is 0.390 e. The standard InChI is InChI=1S/C13H15BrFN3O/c14-11-2-3-13(15)10(6-11)7-16-8-12(19)9-18-5-1-4-17-18/h1-6,12,16,19H,7-9H2. The van der Waals surface area contributed by atoms with Crippen molar-refractivity contribution in [1.82, 2.24) is 15.1 Å². The van der Waals surface area contributed by atoms with Crippen LogP contribution in [0.3, 0.4) is 0 Å². The second-order valence-corrected chi connectivity index (χ2v) is 5.16. The maximum atomic E-state index is 13.5. The van der Waals surface area contributed by atoms with Crippen molar-refractivity contribution in [1.29, 1.82) is 0 Å². The van der Waals surface area contributed by atoms with Crippen molar-refractivity contribution < 1.29 is 9.50 Å². The molecular weight excluding hydrogens is 313 g/mol. The molecule has 102 valence electrons. The predicted molar refractivity (Wildman–Crippen MR) is 74.0 cm³/mol. The second-order valence-electron chi connectivity index (χ2n) is 4.25. The molecule has 0 radical (unpaired) electrons. The normalized spacial score (nSPS) is 12.6. The lowest BCUT2D eigenvalue weighted by Crippen LogP contribution is -2.30. The van der Waals surface area contributed by atoms with Crippen molar-refractivity contribution in [2.45, 2.75) is 19.2 Å². The van der Waals surface area contributed by atoms with Gasteiger partial charge in [-0.05, 0) is 24.3 Å². The molecule has 0 saturated carbocycles. The molecule has 1 aromatic heterocycles. The molecule has 0 aliphatic carbocycles. The average molecular weight is 328 g/mol. The summed E-state index contributed by atoms with van der Waals surface area (Å²) < 4.78 is 16.0. The Morgan fingerprint density at radius 3 is 3.05 bits per heavy atom. The number of nitrogens with one attached hydrogen (secondary N) is 1. The monoisotopic (exact) mass is 327 g/mol. The first kappa shape index (κ1) is 14.2. The van der Waals surface area contributed by atoms with Crippen LogP contribution >= 0.6 is 15.9 Å². The van der Waals surface area contributed by atoms with Crippen molar-refractivity contribution in [3.8, 4) is 0 Å². The molecule has 0 fully saturated rings. The molecule has 1 heterocycles. The van der Waals surface area contributed by atoms with E-state index in [-0.39, 0.29) is 5.82 Å². The molecule has 1 aromatic carbocycles. The topological polar surface area (TPSA) is 50.1 Å². The molecule has 0 bridgehead atoms. The summed E-state index contributed by atoms with van der Waals surface area (Å²) in [6.07, 6.45) is 2.89. The van der Waals surface area contributed by atoms with Crippen LogP contribution in [0.2, 0.25) is 0 Å². The minimum absolute atomic E-state index is 0.253. The van der Waals surface area contributed by atoms with Crippen LogP contribution in [0.5, 0.6) is 0 Å². The predicted octanol–water partition coefficient (Wildman–Crippen LogP) is 1.94. The van der Waals surface area contributed by atoms with E-state index >= 15 is 0 Å². The Hall–Kier alpha value is -1.24. The molecule has 1 unspecified atom stereocenters. The fourth-order valence-corrected chi connectivity index (χ4v) is 2.15. The highest BCUT2D eigenvalue weighted by Crippen LogP contribution is 2.15. The van der Waals surface area contributed by atoms with E-state index in [0.29, 0.717) is 25.2 Å². The summed E-state index contributed by atoms with van der Waals surface area (Å²) in [6.45, 7) is 1.17. The fraction of sp³-hybridized carbons (Fsp3) is 0.308. The number of benzene rings is 1. The molecule has 2 aromatic rings. The Bertz CT molecular complexity index is 519. The maximum absolute atomic E-state index is 13.5. The van der Waals surface area contributed by atoms with Gasteiger partial charge in [0.25, 0.3) is 0 Å². The van der Waals surface area contributed by atoms with E-state index in [0.717, 1.165) is 4.47 Å². The number of aromatic nitrogens is 2. The molecular formula is C13H15BrFN3O. The third-order valence-corrected chi connectivity index (χ3v) is 3.15. The molecule has 0 saturated heterocycles. The molecule has 19 heavy (non-hydrogen) atoms. The van der Waals surface area contributed by atoms with E-state index in [1.165, 1.54) is 6.07 Å². The zero-order valence-corrected chi connectivity index (χ0v) is 11.8. The first-order valence-electron chi connectivity index (χ1n) is 5.95. The summed E-state index contributed by atoms with van der Waals surface area (Å²) in [5, 5.41) is 16.8. The van der Waals surface area contributed by atoms with Crippen LogP contribution in [0.25, 0.3) is 0 Å². The van der Waals surface area contributed by atoms with E-state index in [4.69, 9.17) is 0 Å². The molecule has 2 rings (SSSR count). The lowest BCUT2D eigenvalue weighted by atomic mass is 10.2. The summed E-state index contributed by atoms with van der Waals surface area (Å²) in [5.41, 5.74) is 0.570. The number of halogens is 2. The van der Waals surface area contributed by atoms with E-state index in [1.807, 2.05) is 0 Å². The van der Waals surface area contributed by atoms with Gasteiger partial charge in [0.2, 0.25) is 0 Å². The van der Waals surface area contributed by atoms with Crippen molar-refractivity contribution in [3.05, 3.63) is 52.5 Å². The highest BCUT2D eigenvalue weighted by Gasteiger charge is 2.07. The van der Waals surface area contributed by atoms with Gasteiger partial charge in [-0.3, -0.25) is 4.68 Å². The van der Waals surface area contributed by atoms with Gasteiger partial charge >= 0.3 is 0 Å². The van der Waals surface area contributed by atoms with Gasteiger partial charge in [-0.2, -0.15) is 5.10 Å². The maximum Gasteiger partial charge on any atom is 0.127 e. The average Bonchev–Trinajstić information content (AvgIpc) is 2.86. The first-order valence-corrected chi connectivity index (χ1v) is 6.74. The van der Waals surface area contributed by atoms with Gasteiger partial charge in [-0.15, -0.1) is 0 Å². The highest BCUT2D eigenvalue weighted by atomic mass is 79.9. The molecule has 1 atom stereocenters. The minimum atomic E-state index is -0.560. The van der Waals surface area contributed by atoms with Crippen LogP contribution in [-0.2, 0) is 13.1 Å². The van der Waals surface area contributed by atoms with E-state index in [9.17, 15) is 9.50 Å². The Morgan fingerprint density at radius 1 is 1.47 bits per heavy atom. The van der Waals surface area contributed by atoms with Crippen LogP contribution < -0.4 is 5.32 Å². The lowest BCUT2D eigenvalue weighted by Gasteiger charge is -2.12. The number of aliphatic hydroxyl groups is 1. The number of rotatable bonds is 6. The van der Waals surface area contributed by atoms with Gasteiger partial charge in [0, 0.05) is 35.5 Å². The van der Waals surface area contributed by atoms with Crippen LogP contribution in [0.4, 0.5) is 4.39 Å². The third-order valence-electron chi connectivity index (χ3n) is 2.66.